The van der Waals surface area contributed by atoms with Crippen LogP contribution in [0.5, 0.6) is 5.75 Å². The molecule has 1 atom stereocenters. The molecule has 8 heteroatoms. The average Bonchev–Trinajstić information content (AvgIpc) is 2.73. The van der Waals surface area contributed by atoms with Crippen LogP contribution in [-0.4, -0.2) is 17.1 Å². The summed E-state index contributed by atoms with van der Waals surface area (Å²) in [5.74, 6) is -2.44. The number of hydrogen-bond donors (Lipinski definition) is 1. The fourth-order valence-electron chi connectivity index (χ4n) is 2.64. The fourth-order valence-corrected chi connectivity index (χ4v) is 2.64. The Hall–Kier alpha value is -2.48. The maximum Gasteiger partial charge on any atom is 0.573 e. The number of ether oxygens (including phenoxy) is 1. The van der Waals surface area contributed by atoms with Crippen LogP contribution in [0.3, 0.4) is 0 Å². The number of Topliss-reactive ketones (excluding diaryl/α,β-unsaturated/α-hetero) is 1. The van der Waals surface area contributed by atoms with Crippen LogP contribution in [0.4, 0.5) is 17.6 Å². The lowest BCUT2D eigenvalue weighted by Gasteiger charge is -2.24. The van der Waals surface area contributed by atoms with Gasteiger partial charge in [0.15, 0.2) is 17.3 Å². The molecule has 2 N–H and O–H groups in total. The number of benzene rings is 1. The minimum Gasteiger partial charge on any atom is -0.403 e. The molecule has 0 fully saturated rings. The van der Waals surface area contributed by atoms with Gasteiger partial charge in [-0.1, -0.05) is 6.07 Å². The van der Waals surface area contributed by atoms with Gasteiger partial charge < -0.3 is 10.5 Å². The second-order valence-corrected chi connectivity index (χ2v) is 5.16. The molecule has 1 aliphatic carbocycles. The Balaban J connectivity index is 2.03. The highest BCUT2D eigenvalue weighted by Crippen LogP contribution is 2.39. The van der Waals surface area contributed by atoms with E-state index in [-0.39, 0.29) is 23.5 Å². The summed E-state index contributed by atoms with van der Waals surface area (Å²) >= 11 is 0. The molecule has 120 valence electrons. The molecular formula is C15H10F4N2O2. The van der Waals surface area contributed by atoms with E-state index in [2.05, 4.69) is 9.72 Å². The van der Waals surface area contributed by atoms with Crippen molar-refractivity contribution in [2.45, 2.75) is 18.3 Å². The van der Waals surface area contributed by atoms with Crippen LogP contribution in [0.15, 0.2) is 36.5 Å². The Kier molecular flexibility index (Phi) is 3.36. The van der Waals surface area contributed by atoms with Gasteiger partial charge in [-0.3, -0.25) is 9.78 Å². The first-order valence-electron chi connectivity index (χ1n) is 6.54. The van der Waals surface area contributed by atoms with Crippen LogP contribution in [0.1, 0.15) is 28.0 Å². The lowest BCUT2D eigenvalue weighted by Crippen LogP contribution is -2.36. The molecule has 4 nitrogen and oxygen atoms in total. The second kappa shape index (κ2) is 5.02. The predicted octanol–water partition coefficient (Wildman–Crippen LogP) is 2.91. The van der Waals surface area contributed by atoms with E-state index in [0.717, 1.165) is 12.1 Å². The lowest BCUT2D eigenvalue weighted by atomic mass is 9.88. The minimum atomic E-state index is -5.00. The van der Waals surface area contributed by atoms with Crippen LogP contribution in [0, 0.1) is 5.82 Å². The number of rotatable bonds is 2. The summed E-state index contributed by atoms with van der Waals surface area (Å²) < 4.78 is 54.0. The van der Waals surface area contributed by atoms with Gasteiger partial charge in [-0.05, 0) is 29.8 Å². The third kappa shape index (κ3) is 2.65. The normalized spacial score (nSPS) is 20.5. The summed E-state index contributed by atoms with van der Waals surface area (Å²) in [7, 11) is 0. The Morgan fingerprint density at radius 3 is 2.65 bits per heavy atom. The minimum absolute atomic E-state index is 0.141. The number of alkyl halides is 3. The van der Waals surface area contributed by atoms with Crippen molar-refractivity contribution >= 4 is 5.78 Å². The van der Waals surface area contributed by atoms with Crippen molar-refractivity contribution in [3.8, 4) is 5.75 Å². The van der Waals surface area contributed by atoms with Gasteiger partial charge in [0.2, 0.25) is 0 Å². The molecule has 0 bridgehead atoms. The molecule has 0 saturated heterocycles. The second-order valence-electron chi connectivity index (χ2n) is 5.16. The van der Waals surface area contributed by atoms with Crippen molar-refractivity contribution in [1.82, 2.24) is 4.98 Å². The first-order valence-corrected chi connectivity index (χ1v) is 6.54. The number of pyridine rings is 1. The number of hydrogen-bond acceptors (Lipinski definition) is 4. The van der Waals surface area contributed by atoms with Crippen LogP contribution in [0.2, 0.25) is 0 Å². The Bertz CT molecular complexity index is 791. The number of ketones is 1. The smallest absolute Gasteiger partial charge is 0.403 e. The summed E-state index contributed by atoms with van der Waals surface area (Å²) in [4.78, 5) is 16.1. The molecule has 1 aliphatic rings. The first-order chi connectivity index (χ1) is 10.7. The van der Waals surface area contributed by atoms with Crippen molar-refractivity contribution in [3.05, 3.63) is 59.2 Å². The number of nitrogens with zero attached hydrogens (tertiary/aromatic N) is 1. The van der Waals surface area contributed by atoms with Crippen molar-refractivity contribution in [1.29, 1.82) is 0 Å². The molecule has 0 radical (unpaired) electrons. The highest BCUT2D eigenvalue weighted by atomic mass is 19.4. The molecule has 1 aromatic heterocycles. The van der Waals surface area contributed by atoms with E-state index in [1.807, 2.05) is 0 Å². The summed E-state index contributed by atoms with van der Waals surface area (Å²) in [6.45, 7) is 0. The van der Waals surface area contributed by atoms with Crippen molar-refractivity contribution < 1.29 is 27.1 Å². The van der Waals surface area contributed by atoms with Gasteiger partial charge in [0.1, 0.15) is 0 Å². The van der Waals surface area contributed by atoms with Crippen molar-refractivity contribution in [2.24, 2.45) is 5.73 Å². The van der Waals surface area contributed by atoms with E-state index >= 15 is 0 Å². The number of aromatic nitrogens is 1. The van der Waals surface area contributed by atoms with Crippen LogP contribution >= 0.6 is 0 Å². The van der Waals surface area contributed by atoms with E-state index in [4.69, 9.17) is 5.73 Å². The van der Waals surface area contributed by atoms with Gasteiger partial charge in [0, 0.05) is 18.2 Å². The molecule has 1 heterocycles. The number of carbonyl (C=O) groups excluding carboxylic acids is 1. The zero-order valence-corrected chi connectivity index (χ0v) is 11.5. The Morgan fingerprint density at radius 1 is 1.26 bits per heavy atom. The monoisotopic (exact) mass is 326 g/mol. The predicted molar refractivity (Wildman–Crippen MR) is 71.2 cm³/mol. The zero-order chi connectivity index (χ0) is 16.8. The maximum absolute atomic E-state index is 13.9. The zero-order valence-electron chi connectivity index (χ0n) is 11.5. The van der Waals surface area contributed by atoms with Gasteiger partial charge in [-0.2, -0.15) is 0 Å². The number of nitrogens with two attached hydrogens (primary N) is 1. The van der Waals surface area contributed by atoms with E-state index in [9.17, 15) is 22.4 Å². The summed E-state index contributed by atoms with van der Waals surface area (Å²) in [5.41, 5.74) is 5.58. The van der Waals surface area contributed by atoms with Gasteiger partial charge in [0.05, 0.1) is 11.2 Å². The van der Waals surface area contributed by atoms with Gasteiger partial charge in [-0.25, -0.2) is 4.39 Å². The topological polar surface area (TPSA) is 65.2 Å². The molecular weight excluding hydrogens is 316 g/mol. The van der Waals surface area contributed by atoms with Crippen LogP contribution < -0.4 is 10.5 Å². The molecule has 0 unspecified atom stereocenters. The maximum atomic E-state index is 13.9. The number of halogens is 4. The lowest BCUT2D eigenvalue weighted by molar-refractivity contribution is -0.275. The highest BCUT2D eigenvalue weighted by molar-refractivity contribution is 6.02. The van der Waals surface area contributed by atoms with E-state index < -0.39 is 23.5 Å². The molecule has 3 rings (SSSR count). The van der Waals surface area contributed by atoms with Crippen LogP contribution in [0.25, 0.3) is 0 Å². The van der Waals surface area contributed by atoms with E-state index in [1.165, 1.54) is 12.3 Å². The van der Waals surface area contributed by atoms with Gasteiger partial charge in [-0.15, -0.1) is 13.2 Å². The molecule has 2 aromatic rings. The third-order valence-corrected chi connectivity index (χ3v) is 3.64. The summed E-state index contributed by atoms with van der Waals surface area (Å²) in [6.07, 6.45) is -3.70. The molecule has 0 saturated carbocycles. The number of fused-ring (bicyclic) bond motifs is 1. The van der Waals surface area contributed by atoms with E-state index in [0.29, 0.717) is 5.56 Å². The third-order valence-electron chi connectivity index (χ3n) is 3.64. The Morgan fingerprint density at radius 2 is 2.00 bits per heavy atom. The largest absolute Gasteiger partial charge is 0.573 e. The van der Waals surface area contributed by atoms with Crippen molar-refractivity contribution in [3.63, 3.8) is 0 Å². The molecule has 0 aliphatic heterocycles. The highest BCUT2D eigenvalue weighted by Gasteiger charge is 2.43. The van der Waals surface area contributed by atoms with Crippen LogP contribution in [-0.2, 0) is 5.54 Å². The van der Waals surface area contributed by atoms with E-state index in [1.54, 1.807) is 12.1 Å². The molecule has 0 amide bonds. The SMILES string of the molecule is N[C@]1(c2ccc(OC(F)(F)F)c(F)c2)CC(=O)c2cccnc21. The summed E-state index contributed by atoms with van der Waals surface area (Å²) in [5, 5.41) is 0. The molecule has 0 spiro atoms. The standard InChI is InChI=1S/C15H10F4N2O2/c16-10-6-8(3-4-12(10)23-15(17,18)19)14(20)7-11(22)9-2-1-5-21-13(9)14/h1-6H,7,20H2/t14-/m0/s1. The first kappa shape index (κ1) is 15.4. The summed E-state index contributed by atoms with van der Waals surface area (Å²) in [6, 6.07) is 5.98. The average molecular weight is 326 g/mol. The van der Waals surface area contributed by atoms with Crippen molar-refractivity contribution in [2.75, 3.05) is 0 Å². The molecule has 1 aromatic carbocycles. The van der Waals surface area contributed by atoms with Gasteiger partial charge >= 0.3 is 6.36 Å². The molecule has 23 heavy (non-hydrogen) atoms. The van der Waals surface area contributed by atoms with Gasteiger partial charge in [0.25, 0.3) is 0 Å². The number of carbonyl (C=O) groups is 1. The Labute approximate surface area is 127 Å². The fraction of sp³-hybridized carbons (Fsp3) is 0.200. The quantitative estimate of drug-likeness (QED) is 0.862.